The van der Waals surface area contributed by atoms with Crippen LogP contribution in [-0.2, 0) is 6.42 Å². The van der Waals surface area contributed by atoms with Gasteiger partial charge in [0.05, 0.1) is 6.10 Å². The first kappa shape index (κ1) is 13.6. The summed E-state index contributed by atoms with van der Waals surface area (Å²) in [6.07, 6.45) is -1.19. The first-order chi connectivity index (χ1) is 8.97. The molecule has 100 valence electrons. The van der Waals surface area contributed by atoms with Gasteiger partial charge in [0.1, 0.15) is 17.5 Å². The quantitative estimate of drug-likeness (QED) is 0.898. The van der Waals surface area contributed by atoms with Gasteiger partial charge in [0, 0.05) is 12.0 Å². The Balaban J connectivity index is 2.25. The van der Waals surface area contributed by atoms with Gasteiger partial charge in [-0.15, -0.1) is 0 Å². The van der Waals surface area contributed by atoms with Crippen molar-refractivity contribution in [2.24, 2.45) is 0 Å². The molecule has 0 saturated heterocycles. The highest BCUT2D eigenvalue weighted by molar-refractivity contribution is 5.28. The third-order valence-electron chi connectivity index (χ3n) is 2.96. The highest BCUT2D eigenvalue weighted by Crippen LogP contribution is 2.24. The van der Waals surface area contributed by atoms with Crippen LogP contribution in [0.2, 0.25) is 0 Å². The lowest BCUT2D eigenvalue weighted by atomic mass is 9.99. The topological polar surface area (TPSA) is 20.2 Å². The highest BCUT2D eigenvalue weighted by atomic mass is 19.1. The lowest BCUT2D eigenvalue weighted by molar-refractivity contribution is 0.173. The number of aliphatic hydroxyl groups is 1. The van der Waals surface area contributed by atoms with Gasteiger partial charge in [0.15, 0.2) is 0 Å². The number of aliphatic hydroxyl groups excluding tert-OH is 1. The maximum atomic E-state index is 13.7. The minimum Gasteiger partial charge on any atom is -0.388 e. The number of benzene rings is 2. The molecule has 1 atom stereocenters. The predicted octanol–water partition coefficient (Wildman–Crippen LogP) is 3.69. The summed E-state index contributed by atoms with van der Waals surface area (Å²) in [5.74, 6) is -1.67. The number of rotatable bonds is 3. The van der Waals surface area contributed by atoms with E-state index in [4.69, 9.17) is 0 Å². The summed E-state index contributed by atoms with van der Waals surface area (Å²) in [6, 6.07) is 7.68. The first-order valence-corrected chi connectivity index (χ1v) is 5.85. The molecule has 2 aromatic rings. The summed E-state index contributed by atoms with van der Waals surface area (Å²) in [7, 11) is 0. The van der Waals surface area contributed by atoms with Gasteiger partial charge in [-0.2, -0.15) is 0 Å². The van der Waals surface area contributed by atoms with Gasteiger partial charge >= 0.3 is 0 Å². The van der Waals surface area contributed by atoms with E-state index < -0.39 is 23.6 Å². The summed E-state index contributed by atoms with van der Waals surface area (Å²) in [5, 5.41) is 9.93. The number of hydrogen-bond donors (Lipinski definition) is 1. The zero-order valence-corrected chi connectivity index (χ0v) is 10.3. The smallest absolute Gasteiger partial charge is 0.129 e. The van der Waals surface area contributed by atoms with Crippen LogP contribution in [0.1, 0.15) is 22.8 Å². The van der Waals surface area contributed by atoms with Gasteiger partial charge in [-0.3, -0.25) is 0 Å². The molecule has 0 aliphatic heterocycles. The second kappa shape index (κ2) is 5.45. The van der Waals surface area contributed by atoms with Gasteiger partial charge in [-0.1, -0.05) is 12.1 Å². The monoisotopic (exact) mass is 266 g/mol. The van der Waals surface area contributed by atoms with Crippen molar-refractivity contribution in [3.8, 4) is 0 Å². The fourth-order valence-corrected chi connectivity index (χ4v) is 1.91. The zero-order valence-electron chi connectivity index (χ0n) is 10.3. The maximum absolute atomic E-state index is 13.7. The molecule has 0 aliphatic rings. The van der Waals surface area contributed by atoms with Crippen LogP contribution >= 0.6 is 0 Å². The lowest BCUT2D eigenvalue weighted by Crippen LogP contribution is -2.06. The standard InChI is InChI=1S/C15H13F3O/c1-9-5-14(18)12(8-13(9)17)15(19)7-10-3-2-4-11(16)6-10/h2-6,8,15,19H,7H2,1H3. The summed E-state index contributed by atoms with van der Waals surface area (Å²) >= 11 is 0. The minimum absolute atomic E-state index is 0.0250. The molecule has 19 heavy (non-hydrogen) atoms. The predicted molar refractivity (Wildman–Crippen MR) is 66.2 cm³/mol. The van der Waals surface area contributed by atoms with E-state index in [1.807, 2.05) is 0 Å². The van der Waals surface area contributed by atoms with Crippen LogP contribution in [0.25, 0.3) is 0 Å². The summed E-state index contributed by atoms with van der Waals surface area (Å²) in [6.45, 7) is 1.45. The molecule has 4 heteroatoms. The molecular formula is C15H13F3O. The summed E-state index contributed by atoms with van der Waals surface area (Å²) < 4.78 is 40.0. The fourth-order valence-electron chi connectivity index (χ4n) is 1.91. The molecule has 0 fully saturated rings. The third-order valence-corrected chi connectivity index (χ3v) is 2.96. The van der Waals surface area contributed by atoms with Crippen LogP contribution in [0.3, 0.4) is 0 Å². The van der Waals surface area contributed by atoms with E-state index in [0.29, 0.717) is 5.56 Å². The molecule has 2 aromatic carbocycles. The summed E-state index contributed by atoms with van der Waals surface area (Å²) in [4.78, 5) is 0. The second-order valence-corrected chi connectivity index (χ2v) is 4.47. The van der Waals surface area contributed by atoms with Gasteiger partial charge in [0.2, 0.25) is 0 Å². The van der Waals surface area contributed by atoms with Crippen molar-refractivity contribution in [1.29, 1.82) is 0 Å². The average Bonchev–Trinajstić information content (AvgIpc) is 2.33. The lowest BCUT2D eigenvalue weighted by Gasteiger charge is -2.13. The Morgan fingerprint density at radius 2 is 1.79 bits per heavy atom. The molecule has 2 rings (SSSR count). The average molecular weight is 266 g/mol. The van der Waals surface area contributed by atoms with Crippen LogP contribution in [0, 0.1) is 24.4 Å². The fraction of sp³-hybridized carbons (Fsp3) is 0.200. The van der Waals surface area contributed by atoms with Crippen molar-refractivity contribution >= 4 is 0 Å². The van der Waals surface area contributed by atoms with Crippen molar-refractivity contribution in [3.63, 3.8) is 0 Å². The van der Waals surface area contributed by atoms with E-state index in [1.54, 1.807) is 6.07 Å². The van der Waals surface area contributed by atoms with Gasteiger partial charge in [-0.05, 0) is 42.3 Å². The Hall–Kier alpha value is -1.81. The molecule has 1 N–H and O–H groups in total. The molecule has 0 bridgehead atoms. The molecule has 0 saturated carbocycles. The van der Waals surface area contributed by atoms with Crippen LogP contribution in [0.4, 0.5) is 13.2 Å². The molecule has 0 amide bonds. The van der Waals surface area contributed by atoms with Gasteiger partial charge < -0.3 is 5.11 Å². The van der Waals surface area contributed by atoms with Crippen LogP contribution < -0.4 is 0 Å². The van der Waals surface area contributed by atoms with Crippen molar-refractivity contribution < 1.29 is 18.3 Å². The van der Waals surface area contributed by atoms with Crippen molar-refractivity contribution in [1.82, 2.24) is 0 Å². The second-order valence-electron chi connectivity index (χ2n) is 4.47. The largest absolute Gasteiger partial charge is 0.388 e. The van der Waals surface area contributed by atoms with E-state index in [9.17, 15) is 18.3 Å². The molecule has 1 nitrogen and oxygen atoms in total. The SMILES string of the molecule is Cc1cc(F)c(C(O)Cc2cccc(F)c2)cc1F. The van der Waals surface area contributed by atoms with Crippen LogP contribution in [0.15, 0.2) is 36.4 Å². The number of halogens is 3. The van der Waals surface area contributed by atoms with E-state index in [0.717, 1.165) is 12.1 Å². The third kappa shape index (κ3) is 3.15. The van der Waals surface area contributed by atoms with Crippen LogP contribution in [-0.4, -0.2) is 5.11 Å². The Morgan fingerprint density at radius 1 is 1.05 bits per heavy atom. The van der Waals surface area contributed by atoms with E-state index in [2.05, 4.69) is 0 Å². The zero-order chi connectivity index (χ0) is 14.0. The Morgan fingerprint density at radius 3 is 2.47 bits per heavy atom. The maximum Gasteiger partial charge on any atom is 0.129 e. The van der Waals surface area contributed by atoms with E-state index in [1.165, 1.54) is 25.1 Å². The summed E-state index contributed by atoms with van der Waals surface area (Å²) in [5.41, 5.74) is 0.583. The molecule has 1 unspecified atom stereocenters. The molecule has 0 aromatic heterocycles. The van der Waals surface area contributed by atoms with Crippen LogP contribution in [0.5, 0.6) is 0 Å². The van der Waals surface area contributed by atoms with E-state index in [-0.39, 0.29) is 17.5 Å². The molecule has 0 heterocycles. The first-order valence-electron chi connectivity index (χ1n) is 5.85. The van der Waals surface area contributed by atoms with Gasteiger partial charge in [0.25, 0.3) is 0 Å². The molecular weight excluding hydrogens is 253 g/mol. The Bertz CT molecular complexity index is 596. The number of hydrogen-bond acceptors (Lipinski definition) is 1. The minimum atomic E-state index is -1.21. The molecule has 0 spiro atoms. The highest BCUT2D eigenvalue weighted by Gasteiger charge is 2.16. The number of aryl methyl sites for hydroxylation is 1. The Labute approximate surface area is 109 Å². The molecule has 0 radical (unpaired) electrons. The molecule has 0 aliphatic carbocycles. The van der Waals surface area contributed by atoms with Crippen molar-refractivity contribution in [2.75, 3.05) is 0 Å². The Kier molecular flexibility index (Phi) is 3.90. The normalized spacial score (nSPS) is 12.5. The van der Waals surface area contributed by atoms with Crippen molar-refractivity contribution in [2.45, 2.75) is 19.4 Å². The van der Waals surface area contributed by atoms with E-state index >= 15 is 0 Å². The van der Waals surface area contributed by atoms with Crippen molar-refractivity contribution in [3.05, 3.63) is 70.5 Å². The van der Waals surface area contributed by atoms with Gasteiger partial charge in [-0.25, -0.2) is 13.2 Å².